The Hall–Kier alpha value is -2.33. The van der Waals surface area contributed by atoms with Gasteiger partial charge in [0.2, 0.25) is 5.91 Å². The molecule has 0 bridgehead atoms. The molecule has 0 aromatic heterocycles. The number of piperidine rings is 1. The minimum absolute atomic E-state index is 0.126. The molecular formula is C19H17ClN2O2. The van der Waals surface area contributed by atoms with Crippen LogP contribution in [0.4, 0.5) is 0 Å². The Morgan fingerprint density at radius 2 is 1.88 bits per heavy atom. The lowest BCUT2D eigenvalue weighted by molar-refractivity contribution is -0.122. The highest BCUT2D eigenvalue weighted by atomic mass is 35.5. The number of carbonyl (C=O) groups excluding carboxylic acids is 2. The summed E-state index contributed by atoms with van der Waals surface area (Å²) in [5, 5.41) is 0.619. The van der Waals surface area contributed by atoms with Crippen molar-refractivity contribution in [2.24, 2.45) is 11.7 Å². The Morgan fingerprint density at radius 3 is 2.62 bits per heavy atom. The number of amides is 2. The van der Waals surface area contributed by atoms with Gasteiger partial charge in [0, 0.05) is 16.6 Å². The number of fused-ring (bicyclic) bond motifs is 1. The molecule has 2 fully saturated rings. The minimum Gasteiger partial charge on any atom is -0.368 e. The average molecular weight is 341 g/mol. The van der Waals surface area contributed by atoms with Gasteiger partial charge in [-0.3, -0.25) is 9.59 Å². The van der Waals surface area contributed by atoms with Crippen LogP contribution in [0.25, 0.3) is 11.1 Å². The zero-order valence-electron chi connectivity index (χ0n) is 13.0. The van der Waals surface area contributed by atoms with Gasteiger partial charge in [-0.05, 0) is 48.1 Å². The Bertz CT molecular complexity index is 836. The highest BCUT2D eigenvalue weighted by Gasteiger charge is 2.55. The lowest BCUT2D eigenvalue weighted by atomic mass is 9.98. The molecule has 2 N–H and O–H groups in total. The first kappa shape index (κ1) is 15.2. The van der Waals surface area contributed by atoms with E-state index in [1.807, 2.05) is 36.4 Å². The molecule has 0 radical (unpaired) electrons. The Kier molecular flexibility index (Phi) is 3.57. The second-order valence-corrected chi connectivity index (χ2v) is 6.92. The normalized spacial score (nSPS) is 24.5. The molecule has 4 rings (SSSR count). The predicted molar refractivity (Wildman–Crippen MR) is 92.6 cm³/mol. The standard InChI is InChI=1S/C19H17ClN2O2/c20-13-5-3-4-11(8-13)14-6-1-2-7-15(14)19(24)22-16-9-12(16)10-17(22)18(21)23/h1-8,12,16-17H,9-10H2,(H2,21,23)/t12-,16-,17-/m0/s1. The van der Waals surface area contributed by atoms with E-state index < -0.39 is 11.9 Å². The van der Waals surface area contributed by atoms with E-state index in [4.69, 9.17) is 17.3 Å². The van der Waals surface area contributed by atoms with Crippen LogP contribution in [0.3, 0.4) is 0 Å². The molecule has 122 valence electrons. The van der Waals surface area contributed by atoms with Crippen LogP contribution in [0, 0.1) is 5.92 Å². The molecule has 1 saturated carbocycles. The average Bonchev–Trinajstić information content (AvgIpc) is 3.24. The van der Waals surface area contributed by atoms with E-state index in [0.717, 1.165) is 17.5 Å². The van der Waals surface area contributed by atoms with Gasteiger partial charge >= 0.3 is 0 Å². The van der Waals surface area contributed by atoms with Gasteiger partial charge in [-0.1, -0.05) is 41.9 Å². The van der Waals surface area contributed by atoms with E-state index in [1.165, 1.54) is 0 Å². The summed E-state index contributed by atoms with van der Waals surface area (Å²) in [7, 11) is 0. The fourth-order valence-electron chi connectivity index (χ4n) is 3.72. The molecule has 2 aromatic rings. The first-order valence-corrected chi connectivity index (χ1v) is 8.41. The smallest absolute Gasteiger partial charge is 0.255 e. The molecule has 1 saturated heterocycles. The number of carbonyl (C=O) groups is 2. The molecule has 2 amide bonds. The van der Waals surface area contributed by atoms with Crippen molar-refractivity contribution in [1.29, 1.82) is 0 Å². The van der Waals surface area contributed by atoms with Gasteiger partial charge in [0.1, 0.15) is 6.04 Å². The molecule has 24 heavy (non-hydrogen) atoms. The van der Waals surface area contributed by atoms with Gasteiger partial charge in [-0.15, -0.1) is 0 Å². The molecule has 2 aliphatic rings. The zero-order valence-corrected chi connectivity index (χ0v) is 13.7. The Labute approximate surface area is 145 Å². The zero-order chi connectivity index (χ0) is 16.8. The van der Waals surface area contributed by atoms with E-state index in [1.54, 1.807) is 17.0 Å². The lowest BCUT2D eigenvalue weighted by Gasteiger charge is -2.26. The predicted octanol–water partition coefficient (Wildman–Crippen LogP) is 3.10. The van der Waals surface area contributed by atoms with Gasteiger partial charge < -0.3 is 10.6 Å². The Balaban J connectivity index is 1.74. The summed E-state index contributed by atoms with van der Waals surface area (Å²) in [6.07, 6.45) is 1.65. The van der Waals surface area contributed by atoms with Crippen LogP contribution in [0.15, 0.2) is 48.5 Å². The van der Waals surface area contributed by atoms with Crippen molar-refractivity contribution in [3.05, 3.63) is 59.1 Å². The highest BCUT2D eigenvalue weighted by molar-refractivity contribution is 6.30. The molecule has 1 aliphatic heterocycles. The quantitative estimate of drug-likeness (QED) is 0.933. The summed E-state index contributed by atoms with van der Waals surface area (Å²) in [4.78, 5) is 26.6. The van der Waals surface area contributed by atoms with E-state index in [9.17, 15) is 9.59 Å². The van der Waals surface area contributed by atoms with Crippen molar-refractivity contribution < 1.29 is 9.59 Å². The maximum absolute atomic E-state index is 13.2. The van der Waals surface area contributed by atoms with E-state index in [2.05, 4.69) is 0 Å². The summed E-state index contributed by atoms with van der Waals surface area (Å²) < 4.78 is 0. The molecule has 0 unspecified atom stereocenters. The molecule has 2 aromatic carbocycles. The molecular weight excluding hydrogens is 324 g/mol. The van der Waals surface area contributed by atoms with Crippen LogP contribution in [-0.2, 0) is 4.79 Å². The third-order valence-corrected chi connectivity index (χ3v) is 5.20. The van der Waals surface area contributed by atoms with Crippen LogP contribution < -0.4 is 5.73 Å². The number of benzene rings is 2. The number of rotatable bonds is 3. The molecule has 5 heteroatoms. The summed E-state index contributed by atoms with van der Waals surface area (Å²) in [5.74, 6) is -0.125. The first-order valence-electron chi connectivity index (χ1n) is 8.03. The highest BCUT2D eigenvalue weighted by Crippen LogP contribution is 2.48. The second kappa shape index (κ2) is 5.64. The van der Waals surface area contributed by atoms with Gasteiger partial charge in [-0.25, -0.2) is 0 Å². The van der Waals surface area contributed by atoms with E-state index >= 15 is 0 Å². The maximum Gasteiger partial charge on any atom is 0.255 e. The van der Waals surface area contributed by atoms with Crippen molar-refractivity contribution in [2.75, 3.05) is 0 Å². The van der Waals surface area contributed by atoms with Gasteiger partial charge in [-0.2, -0.15) is 0 Å². The van der Waals surface area contributed by atoms with Gasteiger partial charge in [0.25, 0.3) is 5.91 Å². The van der Waals surface area contributed by atoms with Crippen LogP contribution >= 0.6 is 11.6 Å². The second-order valence-electron chi connectivity index (χ2n) is 6.49. The third-order valence-electron chi connectivity index (χ3n) is 4.96. The van der Waals surface area contributed by atoms with Crippen molar-refractivity contribution in [3.63, 3.8) is 0 Å². The number of nitrogens with zero attached hydrogens (tertiary/aromatic N) is 1. The van der Waals surface area contributed by atoms with Crippen LogP contribution in [0.1, 0.15) is 23.2 Å². The van der Waals surface area contributed by atoms with E-state index in [-0.39, 0.29) is 11.9 Å². The fourth-order valence-corrected chi connectivity index (χ4v) is 3.91. The molecule has 1 aliphatic carbocycles. The number of halogens is 1. The lowest BCUT2D eigenvalue weighted by Crippen LogP contribution is -2.46. The fraction of sp³-hybridized carbons (Fsp3) is 0.263. The third kappa shape index (κ3) is 2.47. The van der Waals surface area contributed by atoms with Gasteiger partial charge in [0.15, 0.2) is 0 Å². The summed E-state index contributed by atoms with van der Waals surface area (Å²) in [6, 6.07) is 14.5. The SMILES string of the molecule is NC(=O)[C@@H]1C[C@@H]2C[C@@H]2N1C(=O)c1ccccc1-c1cccc(Cl)c1. The molecule has 4 nitrogen and oxygen atoms in total. The van der Waals surface area contributed by atoms with Gasteiger partial charge in [0.05, 0.1) is 0 Å². The number of primary amides is 1. The van der Waals surface area contributed by atoms with Crippen LogP contribution in [0.5, 0.6) is 0 Å². The maximum atomic E-state index is 13.2. The summed E-state index contributed by atoms with van der Waals surface area (Å²) in [6.45, 7) is 0. The topological polar surface area (TPSA) is 63.4 Å². The largest absolute Gasteiger partial charge is 0.368 e. The summed E-state index contributed by atoms with van der Waals surface area (Å²) in [5.41, 5.74) is 7.79. The van der Waals surface area contributed by atoms with Crippen molar-refractivity contribution >= 4 is 23.4 Å². The van der Waals surface area contributed by atoms with Crippen molar-refractivity contribution in [3.8, 4) is 11.1 Å². The van der Waals surface area contributed by atoms with Crippen molar-refractivity contribution in [1.82, 2.24) is 4.90 Å². The number of hydrogen-bond acceptors (Lipinski definition) is 2. The first-order chi connectivity index (χ1) is 11.6. The Morgan fingerprint density at radius 1 is 1.08 bits per heavy atom. The molecule has 0 spiro atoms. The number of likely N-dealkylation sites (tertiary alicyclic amines) is 1. The number of nitrogens with two attached hydrogens (primary N) is 1. The molecule has 1 heterocycles. The number of hydrogen-bond donors (Lipinski definition) is 1. The monoisotopic (exact) mass is 340 g/mol. The van der Waals surface area contributed by atoms with E-state index in [0.29, 0.717) is 22.9 Å². The van der Waals surface area contributed by atoms with Crippen molar-refractivity contribution in [2.45, 2.75) is 24.9 Å². The van der Waals surface area contributed by atoms with Crippen LogP contribution in [-0.4, -0.2) is 28.8 Å². The minimum atomic E-state index is -0.492. The molecule has 3 atom stereocenters. The van der Waals surface area contributed by atoms with Crippen LogP contribution in [0.2, 0.25) is 5.02 Å². The summed E-state index contributed by atoms with van der Waals surface area (Å²) >= 11 is 6.09.